The molecule has 0 spiro atoms. The highest BCUT2D eigenvalue weighted by Crippen LogP contribution is 2.38. The minimum Gasteiger partial charge on any atom is -0.381 e. The lowest BCUT2D eigenvalue weighted by atomic mass is 9.73. The smallest absolute Gasteiger partial charge is 0.222 e. The molecule has 0 saturated carbocycles. The van der Waals surface area contributed by atoms with E-state index in [1.54, 1.807) is 6.07 Å². The number of ether oxygens (including phenoxy) is 1. The van der Waals surface area contributed by atoms with Gasteiger partial charge in [-0.3, -0.25) is 4.79 Å². The van der Waals surface area contributed by atoms with Crippen molar-refractivity contribution >= 4 is 5.91 Å². The van der Waals surface area contributed by atoms with E-state index in [-0.39, 0.29) is 23.2 Å². The largest absolute Gasteiger partial charge is 0.381 e. The Kier molecular flexibility index (Phi) is 6.80. The number of hydrogen-bond acceptors (Lipinski definition) is 3. The zero-order valence-electron chi connectivity index (χ0n) is 17.5. The van der Waals surface area contributed by atoms with Gasteiger partial charge >= 0.3 is 0 Å². The number of nitrogens with zero attached hydrogens (tertiary/aromatic N) is 1. The predicted molar refractivity (Wildman–Crippen MR) is 116 cm³/mol. The van der Waals surface area contributed by atoms with Crippen LogP contribution in [0.3, 0.4) is 0 Å². The Morgan fingerprint density at radius 2 is 1.80 bits per heavy atom. The van der Waals surface area contributed by atoms with E-state index in [0.717, 1.165) is 52.0 Å². The van der Waals surface area contributed by atoms with E-state index in [1.165, 1.54) is 11.6 Å². The minimum absolute atomic E-state index is 0.0294. The zero-order valence-corrected chi connectivity index (χ0v) is 17.5. The van der Waals surface area contributed by atoms with Gasteiger partial charge in [0.2, 0.25) is 5.91 Å². The zero-order chi connectivity index (χ0) is 20.8. The first-order valence-corrected chi connectivity index (χ1v) is 11.0. The summed E-state index contributed by atoms with van der Waals surface area (Å²) in [6.07, 6.45) is 4.31. The van der Waals surface area contributed by atoms with Crippen LogP contribution in [0.15, 0.2) is 54.6 Å². The maximum absolute atomic E-state index is 13.8. The van der Waals surface area contributed by atoms with E-state index >= 15 is 0 Å². The summed E-state index contributed by atoms with van der Waals surface area (Å²) in [7, 11) is 0. The molecule has 2 heterocycles. The number of nitrogens with one attached hydrogen (secondary N) is 1. The summed E-state index contributed by atoms with van der Waals surface area (Å²) < 4.78 is 19.4. The Labute approximate surface area is 178 Å². The second-order valence-electron chi connectivity index (χ2n) is 8.53. The Bertz CT molecular complexity index is 836. The van der Waals surface area contributed by atoms with Crippen LogP contribution < -0.4 is 5.32 Å². The van der Waals surface area contributed by atoms with Gasteiger partial charge in [-0.15, -0.1) is 0 Å². The average Bonchev–Trinajstić information content (AvgIpc) is 3.13. The van der Waals surface area contributed by atoms with E-state index in [2.05, 4.69) is 34.5 Å². The topological polar surface area (TPSA) is 41.6 Å². The summed E-state index contributed by atoms with van der Waals surface area (Å²) in [4.78, 5) is 14.9. The molecule has 2 aliphatic rings. The molecular formula is C25H31FN2O2. The van der Waals surface area contributed by atoms with E-state index in [4.69, 9.17) is 4.74 Å². The minimum atomic E-state index is -0.174. The molecule has 30 heavy (non-hydrogen) atoms. The highest BCUT2D eigenvalue weighted by molar-refractivity contribution is 5.79. The van der Waals surface area contributed by atoms with Gasteiger partial charge in [0.15, 0.2) is 0 Å². The first-order chi connectivity index (χ1) is 14.7. The van der Waals surface area contributed by atoms with Gasteiger partial charge in [-0.05, 0) is 43.9 Å². The second-order valence-corrected chi connectivity index (χ2v) is 8.53. The number of carbonyl (C=O) groups excluding carboxylic acids is 1. The maximum atomic E-state index is 13.8. The number of rotatable bonds is 8. The van der Waals surface area contributed by atoms with Gasteiger partial charge in [0.1, 0.15) is 5.82 Å². The van der Waals surface area contributed by atoms with Crippen LogP contribution in [-0.4, -0.2) is 43.2 Å². The predicted octanol–water partition coefficient (Wildman–Crippen LogP) is 4.04. The van der Waals surface area contributed by atoms with Crippen LogP contribution in [0.2, 0.25) is 0 Å². The highest BCUT2D eigenvalue weighted by Gasteiger charge is 2.41. The fourth-order valence-electron chi connectivity index (χ4n) is 4.86. The van der Waals surface area contributed by atoms with Crippen molar-refractivity contribution in [3.63, 3.8) is 0 Å². The molecule has 0 bridgehead atoms. The fourth-order valence-corrected chi connectivity index (χ4v) is 4.86. The molecule has 160 valence electrons. The summed E-state index contributed by atoms with van der Waals surface area (Å²) in [5, 5.41) is 3.35. The average molecular weight is 411 g/mol. The Morgan fingerprint density at radius 3 is 2.57 bits per heavy atom. The normalized spacial score (nSPS) is 21.2. The number of likely N-dealkylation sites (tertiary alicyclic amines) is 1. The third-order valence-electron chi connectivity index (χ3n) is 6.69. The number of hydrogen-bond donors (Lipinski definition) is 1. The van der Waals surface area contributed by atoms with Crippen LogP contribution in [-0.2, 0) is 21.5 Å². The van der Waals surface area contributed by atoms with Gasteiger partial charge in [-0.25, -0.2) is 4.39 Å². The molecule has 2 aromatic carbocycles. The SMILES string of the molecule is O=C1CCC(CCNCc2ccccc2F)N1CC1(c2ccccc2)CCOCC1. The van der Waals surface area contributed by atoms with Gasteiger partial charge in [-0.2, -0.15) is 0 Å². The number of halogens is 1. The molecule has 1 atom stereocenters. The molecule has 0 radical (unpaired) electrons. The molecule has 2 aromatic rings. The first-order valence-electron chi connectivity index (χ1n) is 11.0. The fraction of sp³-hybridized carbons (Fsp3) is 0.480. The van der Waals surface area contributed by atoms with Crippen LogP contribution in [0.1, 0.15) is 43.2 Å². The molecule has 2 fully saturated rings. The highest BCUT2D eigenvalue weighted by atomic mass is 19.1. The molecular weight excluding hydrogens is 379 g/mol. The van der Waals surface area contributed by atoms with E-state index in [9.17, 15) is 9.18 Å². The lowest BCUT2D eigenvalue weighted by Gasteiger charge is -2.42. The van der Waals surface area contributed by atoms with Gasteiger partial charge in [0.25, 0.3) is 0 Å². The Hall–Kier alpha value is -2.24. The van der Waals surface area contributed by atoms with Gasteiger partial charge in [0.05, 0.1) is 0 Å². The van der Waals surface area contributed by atoms with E-state index in [0.29, 0.717) is 18.5 Å². The quantitative estimate of drug-likeness (QED) is 0.668. The van der Waals surface area contributed by atoms with Crippen LogP contribution in [0.4, 0.5) is 4.39 Å². The summed E-state index contributed by atoms with van der Waals surface area (Å²) in [5.74, 6) is 0.0860. The monoisotopic (exact) mass is 410 g/mol. The van der Waals surface area contributed by atoms with Crippen LogP contribution in [0.5, 0.6) is 0 Å². The van der Waals surface area contributed by atoms with Crippen molar-refractivity contribution in [2.24, 2.45) is 0 Å². The van der Waals surface area contributed by atoms with Gasteiger partial charge in [0, 0.05) is 49.7 Å². The van der Waals surface area contributed by atoms with Crippen molar-refractivity contribution in [3.05, 3.63) is 71.5 Å². The molecule has 5 heteroatoms. The second kappa shape index (κ2) is 9.71. The lowest BCUT2D eigenvalue weighted by molar-refractivity contribution is -0.130. The number of amides is 1. The Morgan fingerprint density at radius 1 is 1.07 bits per heavy atom. The molecule has 0 aliphatic carbocycles. The molecule has 1 amide bonds. The molecule has 1 N–H and O–H groups in total. The van der Waals surface area contributed by atoms with Crippen LogP contribution in [0.25, 0.3) is 0 Å². The molecule has 1 unspecified atom stereocenters. The molecule has 4 rings (SSSR count). The van der Waals surface area contributed by atoms with Crippen molar-refractivity contribution in [1.82, 2.24) is 10.2 Å². The molecule has 2 aliphatic heterocycles. The summed E-state index contributed by atoms with van der Waals surface area (Å²) in [6, 6.07) is 17.7. The van der Waals surface area contributed by atoms with Crippen LogP contribution >= 0.6 is 0 Å². The van der Waals surface area contributed by atoms with Gasteiger partial charge in [-0.1, -0.05) is 48.5 Å². The molecule has 4 nitrogen and oxygen atoms in total. The third kappa shape index (κ3) is 4.73. The third-order valence-corrected chi connectivity index (χ3v) is 6.69. The Balaban J connectivity index is 1.39. The van der Waals surface area contributed by atoms with Crippen molar-refractivity contribution in [3.8, 4) is 0 Å². The van der Waals surface area contributed by atoms with Crippen molar-refractivity contribution < 1.29 is 13.9 Å². The van der Waals surface area contributed by atoms with Crippen molar-refractivity contribution in [1.29, 1.82) is 0 Å². The van der Waals surface area contributed by atoms with Crippen molar-refractivity contribution in [2.75, 3.05) is 26.3 Å². The summed E-state index contributed by atoms with van der Waals surface area (Å²) in [6.45, 7) is 3.53. The standard InChI is InChI=1S/C25H31FN2O2/c26-23-9-5-4-6-20(23)18-27-15-12-22-10-11-24(29)28(22)19-25(13-16-30-17-14-25)21-7-2-1-3-8-21/h1-9,22,27H,10-19H2. The van der Waals surface area contributed by atoms with E-state index < -0.39 is 0 Å². The van der Waals surface area contributed by atoms with Gasteiger partial charge < -0.3 is 15.0 Å². The van der Waals surface area contributed by atoms with E-state index in [1.807, 2.05) is 18.2 Å². The lowest BCUT2D eigenvalue weighted by Crippen LogP contribution is -2.48. The molecule has 2 saturated heterocycles. The summed E-state index contributed by atoms with van der Waals surface area (Å²) >= 11 is 0. The van der Waals surface area contributed by atoms with Crippen LogP contribution in [0, 0.1) is 5.82 Å². The van der Waals surface area contributed by atoms with Crippen molar-refractivity contribution in [2.45, 2.75) is 50.1 Å². The maximum Gasteiger partial charge on any atom is 0.222 e. The number of carbonyl (C=O) groups is 1. The molecule has 0 aromatic heterocycles. The number of benzene rings is 2. The first kappa shape index (κ1) is 21.0. The summed E-state index contributed by atoms with van der Waals surface area (Å²) in [5.41, 5.74) is 1.96.